The first-order chi connectivity index (χ1) is 6.11. The first-order valence-electron chi connectivity index (χ1n) is 3.89. The van der Waals surface area contributed by atoms with Crippen LogP contribution in [0.1, 0.15) is 17.4 Å². The molecule has 0 aliphatic rings. The lowest BCUT2D eigenvalue weighted by molar-refractivity contribution is 0.0802. The van der Waals surface area contributed by atoms with Gasteiger partial charge in [0.15, 0.2) is 0 Å². The van der Waals surface area contributed by atoms with Crippen molar-refractivity contribution in [2.75, 3.05) is 13.6 Å². The van der Waals surface area contributed by atoms with Gasteiger partial charge in [-0.15, -0.1) is 11.3 Å². The van der Waals surface area contributed by atoms with Gasteiger partial charge in [-0.05, 0) is 6.92 Å². The normalized spacial score (nSPS) is 9.69. The van der Waals surface area contributed by atoms with Crippen molar-refractivity contribution < 1.29 is 4.79 Å². The van der Waals surface area contributed by atoms with Gasteiger partial charge in [-0.2, -0.15) is 0 Å². The van der Waals surface area contributed by atoms with E-state index in [4.69, 9.17) is 0 Å². The van der Waals surface area contributed by atoms with E-state index in [1.165, 1.54) is 11.3 Å². The van der Waals surface area contributed by atoms with Crippen molar-refractivity contribution in [3.63, 3.8) is 0 Å². The van der Waals surface area contributed by atoms with Crippen molar-refractivity contribution >= 4 is 17.2 Å². The predicted octanol–water partition coefficient (Wildman–Crippen LogP) is 1.79. The molecule has 0 fully saturated rings. The van der Waals surface area contributed by atoms with E-state index in [2.05, 4.69) is 11.6 Å². The molecule has 1 heterocycles. The fourth-order valence-corrected chi connectivity index (χ4v) is 1.52. The minimum atomic E-state index is -0.0516. The summed E-state index contributed by atoms with van der Waals surface area (Å²) in [4.78, 5) is 17.1. The maximum absolute atomic E-state index is 11.6. The van der Waals surface area contributed by atoms with Gasteiger partial charge in [0.25, 0.3) is 5.91 Å². The second-order valence-electron chi connectivity index (χ2n) is 2.99. The summed E-state index contributed by atoms with van der Waals surface area (Å²) in [7, 11) is 1.75. The third-order valence-electron chi connectivity index (χ3n) is 1.51. The quantitative estimate of drug-likeness (QED) is 0.690. The summed E-state index contributed by atoms with van der Waals surface area (Å²) < 4.78 is 0. The summed E-state index contributed by atoms with van der Waals surface area (Å²) >= 11 is 1.42. The lowest BCUT2D eigenvalue weighted by atomic mass is 10.3. The van der Waals surface area contributed by atoms with Crippen LogP contribution in [0.3, 0.4) is 0 Å². The zero-order valence-electron chi connectivity index (χ0n) is 7.78. The topological polar surface area (TPSA) is 33.2 Å². The Hall–Kier alpha value is -1.16. The molecule has 0 spiro atoms. The van der Waals surface area contributed by atoms with Crippen LogP contribution in [0.15, 0.2) is 23.0 Å². The Morgan fingerprint density at radius 1 is 1.77 bits per heavy atom. The first kappa shape index (κ1) is 9.92. The number of hydrogen-bond donors (Lipinski definition) is 0. The summed E-state index contributed by atoms with van der Waals surface area (Å²) in [5.74, 6) is -0.0516. The number of thiazole rings is 1. The maximum atomic E-state index is 11.6. The van der Waals surface area contributed by atoms with Crippen molar-refractivity contribution in [1.82, 2.24) is 9.88 Å². The van der Waals surface area contributed by atoms with Crippen LogP contribution in [0, 0.1) is 0 Å². The average molecular weight is 196 g/mol. The largest absolute Gasteiger partial charge is 0.336 e. The summed E-state index contributed by atoms with van der Waals surface area (Å²) in [6.07, 6.45) is 0. The molecule has 1 aromatic rings. The summed E-state index contributed by atoms with van der Waals surface area (Å²) in [5.41, 5.74) is 3.13. The van der Waals surface area contributed by atoms with Crippen molar-refractivity contribution in [3.8, 4) is 0 Å². The number of amides is 1. The standard InChI is InChI=1S/C9H12N2OS/c1-7(2)4-11(3)9(12)8-5-13-6-10-8/h5-6H,1,4H2,2-3H3. The van der Waals surface area contributed by atoms with Gasteiger partial charge in [-0.1, -0.05) is 12.2 Å². The molecule has 0 atom stereocenters. The first-order valence-corrected chi connectivity index (χ1v) is 4.83. The Bertz CT molecular complexity index is 305. The number of nitrogens with zero attached hydrogens (tertiary/aromatic N) is 2. The van der Waals surface area contributed by atoms with Crippen molar-refractivity contribution in [2.45, 2.75) is 6.92 Å². The van der Waals surface area contributed by atoms with E-state index in [1.54, 1.807) is 22.8 Å². The molecule has 0 aliphatic heterocycles. The number of likely N-dealkylation sites (N-methyl/N-ethyl adjacent to an activating group) is 1. The molecule has 0 N–H and O–H groups in total. The number of rotatable bonds is 3. The highest BCUT2D eigenvalue weighted by Gasteiger charge is 2.12. The maximum Gasteiger partial charge on any atom is 0.273 e. The SMILES string of the molecule is C=C(C)CN(C)C(=O)c1cscn1. The molecule has 3 nitrogen and oxygen atoms in total. The van der Waals surface area contributed by atoms with Gasteiger partial charge < -0.3 is 4.90 Å². The van der Waals surface area contributed by atoms with E-state index in [0.717, 1.165) is 5.57 Å². The molecule has 0 aliphatic carbocycles. The van der Waals surface area contributed by atoms with E-state index >= 15 is 0 Å². The molecule has 1 aromatic heterocycles. The highest BCUT2D eigenvalue weighted by Crippen LogP contribution is 2.05. The molecule has 0 saturated carbocycles. The Morgan fingerprint density at radius 3 is 2.92 bits per heavy atom. The van der Waals surface area contributed by atoms with Crippen LogP contribution in [-0.4, -0.2) is 29.4 Å². The van der Waals surface area contributed by atoms with Crippen LogP contribution < -0.4 is 0 Å². The van der Waals surface area contributed by atoms with Crippen molar-refractivity contribution in [1.29, 1.82) is 0 Å². The molecule has 0 aromatic carbocycles. The lowest BCUT2D eigenvalue weighted by Gasteiger charge is -2.15. The third-order valence-corrected chi connectivity index (χ3v) is 2.09. The Labute approximate surface area is 81.7 Å². The minimum absolute atomic E-state index is 0.0516. The molecule has 13 heavy (non-hydrogen) atoms. The van der Waals surface area contributed by atoms with Crippen molar-refractivity contribution in [2.24, 2.45) is 0 Å². The van der Waals surface area contributed by atoms with Gasteiger partial charge in [0.2, 0.25) is 0 Å². The van der Waals surface area contributed by atoms with Crippen LogP contribution in [0.4, 0.5) is 0 Å². The molecule has 70 valence electrons. The Morgan fingerprint density at radius 2 is 2.46 bits per heavy atom. The van der Waals surface area contributed by atoms with Gasteiger partial charge in [0.05, 0.1) is 5.51 Å². The molecule has 0 saturated heterocycles. The molecule has 0 bridgehead atoms. The predicted molar refractivity (Wildman–Crippen MR) is 53.9 cm³/mol. The molecular weight excluding hydrogens is 184 g/mol. The smallest absolute Gasteiger partial charge is 0.273 e. The van der Waals surface area contributed by atoms with E-state index in [-0.39, 0.29) is 5.91 Å². The Kier molecular flexibility index (Phi) is 3.19. The monoisotopic (exact) mass is 196 g/mol. The van der Waals surface area contributed by atoms with Crippen LogP contribution in [0.2, 0.25) is 0 Å². The van der Waals surface area contributed by atoms with Gasteiger partial charge in [-0.25, -0.2) is 4.98 Å². The van der Waals surface area contributed by atoms with Gasteiger partial charge in [-0.3, -0.25) is 4.79 Å². The second kappa shape index (κ2) is 4.18. The molecule has 0 radical (unpaired) electrons. The molecule has 1 rings (SSSR count). The summed E-state index contributed by atoms with van der Waals surface area (Å²) in [6.45, 7) is 6.22. The van der Waals surface area contributed by atoms with Crippen LogP contribution in [0.25, 0.3) is 0 Å². The zero-order valence-corrected chi connectivity index (χ0v) is 8.60. The highest BCUT2D eigenvalue weighted by molar-refractivity contribution is 7.07. The highest BCUT2D eigenvalue weighted by atomic mass is 32.1. The lowest BCUT2D eigenvalue weighted by Crippen LogP contribution is -2.28. The van der Waals surface area contributed by atoms with Gasteiger partial charge in [0, 0.05) is 19.0 Å². The van der Waals surface area contributed by atoms with Gasteiger partial charge >= 0.3 is 0 Å². The summed E-state index contributed by atoms with van der Waals surface area (Å²) in [5, 5.41) is 1.75. The number of aromatic nitrogens is 1. The van der Waals surface area contributed by atoms with Crippen LogP contribution in [-0.2, 0) is 0 Å². The van der Waals surface area contributed by atoms with E-state index in [9.17, 15) is 4.79 Å². The van der Waals surface area contributed by atoms with E-state index < -0.39 is 0 Å². The summed E-state index contributed by atoms with van der Waals surface area (Å²) in [6, 6.07) is 0. The fourth-order valence-electron chi connectivity index (χ4n) is 0.990. The fraction of sp³-hybridized carbons (Fsp3) is 0.333. The van der Waals surface area contributed by atoms with Crippen LogP contribution in [0.5, 0.6) is 0 Å². The van der Waals surface area contributed by atoms with Crippen LogP contribution >= 0.6 is 11.3 Å². The number of carbonyl (C=O) groups excluding carboxylic acids is 1. The average Bonchev–Trinajstić information content (AvgIpc) is 2.53. The van der Waals surface area contributed by atoms with Crippen molar-refractivity contribution in [3.05, 3.63) is 28.7 Å². The zero-order chi connectivity index (χ0) is 9.84. The minimum Gasteiger partial charge on any atom is -0.336 e. The number of hydrogen-bond acceptors (Lipinski definition) is 3. The molecular formula is C9H12N2OS. The van der Waals surface area contributed by atoms with E-state index in [0.29, 0.717) is 12.2 Å². The molecule has 4 heteroatoms. The van der Waals surface area contributed by atoms with Gasteiger partial charge in [0.1, 0.15) is 5.69 Å². The molecule has 0 unspecified atom stereocenters. The second-order valence-corrected chi connectivity index (χ2v) is 3.71. The number of carbonyl (C=O) groups is 1. The third kappa shape index (κ3) is 2.66. The molecule has 1 amide bonds. The Balaban J connectivity index is 2.63. The van der Waals surface area contributed by atoms with E-state index in [1.807, 2.05) is 6.92 Å².